The Morgan fingerprint density at radius 2 is 1.86 bits per heavy atom. The molecule has 0 aliphatic carbocycles. The van der Waals surface area contributed by atoms with Crippen LogP contribution in [0.4, 0.5) is 0 Å². The van der Waals surface area contributed by atoms with E-state index in [9.17, 15) is 0 Å². The van der Waals surface area contributed by atoms with Gasteiger partial charge in [0.05, 0.1) is 0 Å². The highest BCUT2D eigenvalue weighted by Crippen LogP contribution is 2.18. The summed E-state index contributed by atoms with van der Waals surface area (Å²) in [6.45, 7) is 4.90. The van der Waals surface area contributed by atoms with E-state index in [4.69, 9.17) is 10.9 Å². The molecule has 0 saturated heterocycles. The first-order chi connectivity index (χ1) is 10.1. The molecule has 21 heavy (non-hydrogen) atoms. The third-order valence-corrected chi connectivity index (χ3v) is 3.65. The lowest BCUT2D eigenvalue weighted by Gasteiger charge is -2.17. The van der Waals surface area contributed by atoms with Crippen molar-refractivity contribution < 1.29 is 5.21 Å². The summed E-state index contributed by atoms with van der Waals surface area (Å²) >= 11 is 0. The van der Waals surface area contributed by atoms with Gasteiger partial charge in [-0.3, -0.25) is 0 Å². The number of amidine groups is 1. The summed E-state index contributed by atoms with van der Waals surface area (Å²) in [5.41, 5.74) is 10.0. The number of rotatable bonds is 5. The molecule has 0 heterocycles. The molecular formula is C17H21N3O. The maximum Gasteiger partial charge on any atom is 0.170 e. The standard InChI is InChI=1S/C17H21N3O/c1-12-7-3-5-9-15(12)13(2)19-11-14-8-4-6-10-16(14)17(18)20-21/h3-10,13,19,21H,11H2,1-2H3,(H2,18,20)/t13-/m1/s1. The first kappa shape index (κ1) is 15.1. The van der Waals surface area contributed by atoms with Gasteiger partial charge in [-0.1, -0.05) is 53.7 Å². The van der Waals surface area contributed by atoms with E-state index in [1.807, 2.05) is 36.4 Å². The largest absolute Gasteiger partial charge is 0.409 e. The minimum atomic E-state index is 0.135. The van der Waals surface area contributed by atoms with Gasteiger partial charge >= 0.3 is 0 Å². The molecule has 0 unspecified atom stereocenters. The van der Waals surface area contributed by atoms with Crippen molar-refractivity contribution in [2.24, 2.45) is 10.9 Å². The van der Waals surface area contributed by atoms with Crippen molar-refractivity contribution in [3.05, 3.63) is 70.8 Å². The van der Waals surface area contributed by atoms with Crippen LogP contribution in [-0.2, 0) is 6.54 Å². The zero-order valence-corrected chi connectivity index (χ0v) is 12.4. The van der Waals surface area contributed by atoms with Crippen molar-refractivity contribution in [1.82, 2.24) is 5.32 Å². The van der Waals surface area contributed by atoms with Crippen LogP contribution in [0.25, 0.3) is 0 Å². The van der Waals surface area contributed by atoms with Crippen LogP contribution in [0.1, 0.15) is 35.2 Å². The smallest absolute Gasteiger partial charge is 0.170 e. The van der Waals surface area contributed by atoms with Crippen molar-refractivity contribution in [1.29, 1.82) is 0 Å². The van der Waals surface area contributed by atoms with Crippen LogP contribution in [0, 0.1) is 6.92 Å². The van der Waals surface area contributed by atoms with E-state index in [0.29, 0.717) is 6.54 Å². The molecule has 0 fully saturated rings. The second kappa shape index (κ2) is 6.90. The molecule has 0 aliphatic heterocycles. The highest BCUT2D eigenvalue weighted by atomic mass is 16.4. The third kappa shape index (κ3) is 3.61. The summed E-state index contributed by atoms with van der Waals surface area (Å²) in [5, 5.41) is 15.4. The van der Waals surface area contributed by atoms with E-state index in [0.717, 1.165) is 11.1 Å². The van der Waals surface area contributed by atoms with Gasteiger partial charge in [0.25, 0.3) is 0 Å². The molecule has 2 aromatic rings. The van der Waals surface area contributed by atoms with E-state index in [1.54, 1.807) is 0 Å². The van der Waals surface area contributed by atoms with Crippen LogP contribution in [0.15, 0.2) is 53.7 Å². The Kier molecular flexibility index (Phi) is 4.95. The summed E-state index contributed by atoms with van der Waals surface area (Å²) in [6.07, 6.45) is 0. The van der Waals surface area contributed by atoms with Gasteiger partial charge in [-0.2, -0.15) is 0 Å². The molecule has 0 saturated carbocycles. The molecule has 1 atom stereocenters. The lowest BCUT2D eigenvalue weighted by atomic mass is 10.0. The van der Waals surface area contributed by atoms with Crippen molar-refractivity contribution in [3.8, 4) is 0 Å². The number of aryl methyl sites for hydroxylation is 1. The Balaban J connectivity index is 2.12. The molecule has 2 aromatic carbocycles. The SMILES string of the molecule is Cc1ccccc1[C@@H](C)NCc1ccccc1/C(N)=N/O. The summed E-state index contributed by atoms with van der Waals surface area (Å²) in [7, 11) is 0. The maximum atomic E-state index is 8.85. The first-order valence-corrected chi connectivity index (χ1v) is 6.98. The van der Waals surface area contributed by atoms with Gasteiger partial charge in [-0.25, -0.2) is 0 Å². The van der Waals surface area contributed by atoms with Gasteiger partial charge in [0, 0.05) is 18.2 Å². The number of benzene rings is 2. The van der Waals surface area contributed by atoms with Gasteiger partial charge in [-0.05, 0) is 30.5 Å². The van der Waals surface area contributed by atoms with E-state index < -0.39 is 0 Å². The van der Waals surface area contributed by atoms with Gasteiger partial charge < -0.3 is 16.3 Å². The summed E-state index contributed by atoms with van der Waals surface area (Å²) in [6, 6.07) is 16.2. The average Bonchev–Trinajstić information content (AvgIpc) is 2.52. The van der Waals surface area contributed by atoms with Crippen LogP contribution < -0.4 is 11.1 Å². The van der Waals surface area contributed by atoms with E-state index in [2.05, 4.69) is 36.5 Å². The summed E-state index contributed by atoms with van der Waals surface area (Å²) in [5.74, 6) is 0.135. The maximum absolute atomic E-state index is 8.85. The monoisotopic (exact) mass is 283 g/mol. The average molecular weight is 283 g/mol. The molecule has 110 valence electrons. The van der Waals surface area contributed by atoms with Crippen LogP contribution in [0.5, 0.6) is 0 Å². The fourth-order valence-electron chi connectivity index (χ4n) is 2.42. The molecule has 2 rings (SSSR count). The van der Waals surface area contributed by atoms with Crippen molar-refractivity contribution in [3.63, 3.8) is 0 Å². The number of oxime groups is 1. The highest BCUT2D eigenvalue weighted by molar-refractivity contribution is 5.98. The third-order valence-electron chi connectivity index (χ3n) is 3.65. The molecule has 4 N–H and O–H groups in total. The van der Waals surface area contributed by atoms with Gasteiger partial charge in [0.1, 0.15) is 0 Å². The molecule has 0 amide bonds. The van der Waals surface area contributed by atoms with Gasteiger partial charge in [0.15, 0.2) is 5.84 Å². The second-order valence-corrected chi connectivity index (χ2v) is 5.10. The molecule has 0 aromatic heterocycles. The van der Waals surface area contributed by atoms with Gasteiger partial charge in [0.2, 0.25) is 0 Å². The molecular weight excluding hydrogens is 262 g/mol. The van der Waals surface area contributed by atoms with Crippen LogP contribution in [0.2, 0.25) is 0 Å². The topological polar surface area (TPSA) is 70.6 Å². The minimum absolute atomic E-state index is 0.135. The fraction of sp³-hybridized carbons (Fsp3) is 0.235. The van der Waals surface area contributed by atoms with E-state index >= 15 is 0 Å². The normalized spacial score (nSPS) is 13.1. The van der Waals surface area contributed by atoms with Gasteiger partial charge in [-0.15, -0.1) is 0 Å². The van der Waals surface area contributed by atoms with Crippen molar-refractivity contribution >= 4 is 5.84 Å². The molecule has 0 radical (unpaired) electrons. The molecule has 4 heteroatoms. The Labute approximate surface area is 125 Å². The zero-order valence-electron chi connectivity index (χ0n) is 12.4. The quantitative estimate of drug-likeness (QED) is 0.342. The fourth-order valence-corrected chi connectivity index (χ4v) is 2.42. The summed E-state index contributed by atoms with van der Waals surface area (Å²) < 4.78 is 0. The Bertz CT molecular complexity index is 637. The predicted octanol–water partition coefficient (Wildman–Crippen LogP) is 2.94. The Morgan fingerprint density at radius 1 is 1.19 bits per heavy atom. The zero-order chi connectivity index (χ0) is 15.2. The van der Waals surface area contributed by atoms with Crippen LogP contribution in [-0.4, -0.2) is 11.0 Å². The van der Waals surface area contributed by atoms with E-state index in [-0.39, 0.29) is 11.9 Å². The number of hydrogen-bond donors (Lipinski definition) is 3. The molecule has 4 nitrogen and oxygen atoms in total. The van der Waals surface area contributed by atoms with Crippen LogP contribution in [0.3, 0.4) is 0 Å². The predicted molar refractivity (Wildman–Crippen MR) is 85.4 cm³/mol. The minimum Gasteiger partial charge on any atom is -0.409 e. The first-order valence-electron chi connectivity index (χ1n) is 6.98. The van der Waals surface area contributed by atoms with E-state index in [1.165, 1.54) is 11.1 Å². The Morgan fingerprint density at radius 3 is 2.57 bits per heavy atom. The number of hydrogen-bond acceptors (Lipinski definition) is 3. The molecule has 0 aliphatic rings. The second-order valence-electron chi connectivity index (χ2n) is 5.10. The lowest BCUT2D eigenvalue weighted by Crippen LogP contribution is -2.22. The van der Waals surface area contributed by atoms with Crippen molar-refractivity contribution in [2.45, 2.75) is 26.4 Å². The molecule has 0 bridgehead atoms. The number of nitrogens with zero attached hydrogens (tertiary/aromatic N) is 1. The number of nitrogens with one attached hydrogen (secondary N) is 1. The number of nitrogens with two attached hydrogens (primary N) is 1. The summed E-state index contributed by atoms with van der Waals surface area (Å²) in [4.78, 5) is 0. The Hall–Kier alpha value is -2.33. The lowest BCUT2D eigenvalue weighted by molar-refractivity contribution is 0.318. The van der Waals surface area contributed by atoms with Crippen LogP contribution >= 0.6 is 0 Å². The molecule has 0 spiro atoms. The van der Waals surface area contributed by atoms with Crippen molar-refractivity contribution in [2.75, 3.05) is 0 Å². The highest BCUT2D eigenvalue weighted by Gasteiger charge is 2.10.